The van der Waals surface area contributed by atoms with E-state index in [2.05, 4.69) is 15.6 Å². The molecule has 0 aliphatic carbocycles. The minimum atomic E-state index is -0.513. The Bertz CT molecular complexity index is 1400. The average molecular weight is 477 g/mol. The zero-order valence-electron chi connectivity index (χ0n) is 18.3. The second kappa shape index (κ2) is 9.67. The van der Waals surface area contributed by atoms with Gasteiger partial charge in [-0.05, 0) is 79.7 Å². The fourth-order valence-electron chi connectivity index (χ4n) is 3.14. The van der Waals surface area contributed by atoms with E-state index in [0.717, 1.165) is 11.1 Å². The van der Waals surface area contributed by atoms with Crippen molar-refractivity contribution in [1.29, 1.82) is 0 Å². The number of fused-ring (bicyclic) bond motifs is 1. The van der Waals surface area contributed by atoms with Crippen LogP contribution < -0.4 is 15.4 Å². The molecule has 0 aliphatic heterocycles. The molecule has 1 aromatic heterocycles. The van der Waals surface area contributed by atoms with E-state index in [1.54, 1.807) is 18.2 Å². The number of benzene rings is 3. The first kappa shape index (κ1) is 22.9. The van der Waals surface area contributed by atoms with Crippen LogP contribution in [-0.2, 0) is 4.79 Å². The Balaban J connectivity index is 1.35. The number of nitro benzene ring substituents is 1. The van der Waals surface area contributed by atoms with Gasteiger partial charge in [0.05, 0.1) is 4.92 Å². The van der Waals surface area contributed by atoms with Crippen molar-refractivity contribution >= 4 is 45.7 Å². The normalized spacial score (nSPS) is 10.6. The average Bonchev–Trinajstić information content (AvgIpc) is 3.23. The maximum atomic E-state index is 12.1. The van der Waals surface area contributed by atoms with Crippen LogP contribution >= 0.6 is 12.2 Å². The van der Waals surface area contributed by atoms with Gasteiger partial charge in [0.1, 0.15) is 11.3 Å². The second-order valence-electron chi connectivity index (χ2n) is 7.54. The van der Waals surface area contributed by atoms with Gasteiger partial charge in [0.25, 0.3) is 11.6 Å². The van der Waals surface area contributed by atoms with Gasteiger partial charge in [-0.15, -0.1) is 0 Å². The van der Waals surface area contributed by atoms with Crippen LogP contribution in [-0.4, -0.2) is 27.5 Å². The number of carbonyl (C=O) groups is 1. The number of non-ortho nitro benzene ring substituents is 1. The molecule has 4 rings (SSSR count). The third-order valence-corrected chi connectivity index (χ3v) is 5.27. The maximum absolute atomic E-state index is 12.1. The molecule has 34 heavy (non-hydrogen) atoms. The number of aryl methyl sites for hydroxylation is 2. The molecule has 3 aromatic carbocycles. The molecule has 9 nitrogen and oxygen atoms in total. The minimum absolute atomic E-state index is 0.0626. The van der Waals surface area contributed by atoms with E-state index in [4.69, 9.17) is 21.4 Å². The molecular weight excluding hydrogens is 456 g/mol. The molecule has 10 heteroatoms. The summed E-state index contributed by atoms with van der Waals surface area (Å²) < 4.78 is 11.2. The van der Waals surface area contributed by atoms with Crippen LogP contribution in [0.25, 0.3) is 22.6 Å². The molecule has 172 valence electrons. The molecule has 0 unspecified atom stereocenters. The Morgan fingerprint density at radius 3 is 2.56 bits per heavy atom. The number of hydrogen-bond acceptors (Lipinski definition) is 7. The number of nitro groups is 1. The number of amides is 1. The number of aromatic nitrogens is 1. The summed E-state index contributed by atoms with van der Waals surface area (Å²) in [6.07, 6.45) is 0. The van der Waals surface area contributed by atoms with Gasteiger partial charge in [-0.1, -0.05) is 6.07 Å². The van der Waals surface area contributed by atoms with Crippen molar-refractivity contribution in [2.75, 3.05) is 11.9 Å². The highest BCUT2D eigenvalue weighted by Crippen LogP contribution is 2.27. The van der Waals surface area contributed by atoms with E-state index in [-0.39, 0.29) is 17.4 Å². The fourth-order valence-corrected chi connectivity index (χ4v) is 3.37. The molecule has 4 aromatic rings. The largest absolute Gasteiger partial charge is 0.484 e. The summed E-state index contributed by atoms with van der Waals surface area (Å²) in [4.78, 5) is 26.8. The summed E-state index contributed by atoms with van der Waals surface area (Å²) in [5, 5.41) is 16.2. The lowest BCUT2D eigenvalue weighted by atomic mass is 10.1. The van der Waals surface area contributed by atoms with Crippen molar-refractivity contribution < 1.29 is 18.9 Å². The first-order chi connectivity index (χ1) is 16.3. The van der Waals surface area contributed by atoms with E-state index in [0.29, 0.717) is 28.4 Å². The number of ether oxygens (including phenoxy) is 1. The number of carbonyl (C=O) groups excluding carboxylic acids is 1. The van der Waals surface area contributed by atoms with Crippen LogP contribution in [0.5, 0.6) is 5.75 Å². The van der Waals surface area contributed by atoms with Gasteiger partial charge in [-0.25, -0.2) is 4.98 Å². The fraction of sp³-hybridized carbons (Fsp3) is 0.125. The highest BCUT2D eigenvalue weighted by atomic mass is 32.1. The van der Waals surface area contributed by atoms with Crippen molar-refractivity contribution in [3.63, 3.8) is 0 Å². The van der Waals surface area contributed by atoms with Gasteiger partial charge in [-0.3, -0.25) is 20.2 Å². The van der Waals surface area contributed by atoms with Gasteiger partial charge in [0, 0.05) is 23.4 Å². The standard InChI is InChI=1S/C24H20N4O5S/c1-14-3-4-16(11-15(14)2)23-26-20-12-17(5-10-21(20)33-23)25-24(34)27-22(29)13-32-19-8-6-18(7-9-19)28(30)31/h3-12H,13H2,1-2H3,(H2,25,27,29,34). The number of nitrogens with zero attached hydrogens (tertiary/aromatic N) is 2. The number of oxazole rings is 1. The first-order valence-electron chi connectivity index (χ1n) is 10.2. The van der Waals surface area contributed by atoms with Crippen LogP contribution in [0.3, 0.4) is 0 Å². The Labute approximate surface area is 199 Å². The highest BCUT2D eigenvalue weighted by Gasteiger charge is 2.12. The monoisotopic (exact) mass is 476 g/mol. The lowest BCUT2D eigenvalue weighted by Gasteiger charge is -2.10. The van der Waals surface area contributed by atoms with Crippen molar-refractivity contribution in [2.45, 2.75) is 13.8 Å². The molecule has 0 aliphatic rings. The van der Waals surface area contributed by atoms with E-state index >= 15 is 0 Å². The van der Waals surface area contributed by atoms with Crippen LogP contribution in [0.15, 0.2) is 65.1 Å². The van der Waals surface area contributed by atoms with Gasteiger partial charge in [0.2, 0.25) is 5.89 Å². The zero-order chi connectivity index (χ0) is 24.2. The minimum Gasteiger partial charge on any atom is -0.484 e. The van der Waals surface area contributed by atoms with Gasteiger partial charge in [-0.2, -0.15) is 0 Å². The summed E-state index contributed by atoms with van der Waals surface area (Å²) in [5.74, 6) is 0.376. The molecule has 0 radical (unpaired) electrons. The van der Waals surface area contributed by atoms with Gasteiger partial charge >= 0.3 is 0 Å². The van der Waals surface area contributed by atoms with Crippen LogP contribution in [0.4, 0.5) is 11.4 Å². The number of thiocarbonyl (C=S) groups is 1. The Morgan fingerprint density at radius 1 is 1.09 bits per heavy atom. The Kier molecular flexibility index (Phi) is 6.51. The second-order valence-corrected chi connectivity index (χ2v) is 7.95. The Morgan fingerprint density at radius 2 is 1.85 bits per heavy atom. The molecule has 0 spiro atoms. The number of nitrogens with one attached hydrogen (secondary N) is 2. The molecule has 1 amide bonds. The highest BCUT2D eigenvalue weighted by molar-refractivity contribution is 7.80. The zero-order valence-corrected chi connectivity index (χ0v) is 19.1. The van der Waals surface area contributed by atoms with Crippen LogP contribution in [0.2, 0.25) is 0 Å². The van der Waals surface area contributed by atoms with E-state index < -0.39 is 10.8 Å². The Hall–Kier alpha value is -4.31. The molecule has 0 fully saturated rings. The van der Waals surface area contributed by atoms with E-state index in [1.165, 1.54) is 29.8 Å². The molecule has 2 N–H and O–H groups in total. The molecular formula is C24H20N4O5S. The number of hydrogen-bond donors (Lipinski definition) is 2. The molecule has 0 atom stereocenters. The van der Waals surface area contributed by atoms with E-state index in [1.807, 2.05) is 32.0 Å². The molecule has 1 heterocycles. The summed E-state index contributed by atoms with van der Waals surface area (Å²) in [7, 11) is 0. The summed E-state index contributed by atoms with van der Waals surface area (Å²) in [6, 6.07) is 16.8. The lowest BCUT2D eigenvalue weighted by molar-refractivity contribution is -0.384. The smallest absolute Gasteiger partial charge is 0.269 e. The van der Waals surface area contributed by atoms with Crippen LogP contribution in [0.1, 0.15) is 11.1 Å². The van der Waals surface area contributed by atoms with Gasteiger partial charge in [0.15, 0.2) is 17.3 Å². The number of rotatable bonds is 6. The number of anilines is 1. The van der Waals surface area contributed by atoms with Crippen LogP contribution in [0, 0.1) is 24.0 Å². The predicted molar refractivity (Wildman–Crippen MR) is 132 cm³/mol. The SMILES string of the molecule is Cc1ccc(-c2nc3cc(NC(=S)NC(=O)COc4ccc([N+](=O)[O-])cc4)ccc3o2)cc1C. The lowest BCUT2D eigenvalue weighted by Crippen LogP contribution is -2.37. The third kappa shape index (κ3) is 5.36. The summed E-state index contributed by atoms with van der Waals surface area (Å²) in [6.45, 7) is 3.78. The molecule has 0 bridgehead atoms. The summed E-state index contributed by atoms with van der Waals surface area (Å²) in [5.41, 5.74) is 5.09. The quantitative estimate of drug-likeness (QED) is 0.229. The topological polar surface area (TPSA) is 120 Å². The summed E-state index contributed by atoms with van der Waals surface area (Å²) >= 11 is 5.20. The van der Waals surface area contributed by atoms with Crippen molar-refractivity contribution in [2.24, 2.45) is 0 Å². The van der Waals surface area contributed by atoms with E-state index in [9.17, 15) is 14.9 Å². The maximum Gasteiger partial charge on any atom is 0.269 e. The third-order valence-electron chi connectivity index (χ3n) is 5.07. The van der Waals surface area contributed by atoms with Crippen molar-refractivity contribution in [3.8, 4) is 17.2 Å². The van der Waals surface area contributed by atoms with Crippen molar-refractivity contribution in [1.82, 2.24) is 10.3 Å². The predicted octanol–water partition coefficient (Wildman–Crippen LogP) is 4.91. The molecule has 0 saturated carbocycles. The first-order valence-corrected chi connectivity index (χ1v) is 10.7. The van der Waals surface area contributed by atoms with Gasteiger partial charge < -0.3 is 14.5 Å². The van der Waals surface area contributed by atoms with Crippen molar-refractivity contribution in [3.05, 3.63) is 81.9 Å². The molecule has 0 saturated heterocycles.